The second kappa shape index (κ2) is 10.7. The van der Waals surface area contributed by atoms with Crippen LogP contribution in [0.25, 0.3) is 0 Å². The van der Waals surface area contributed by atoms with Gasteiger partial charge < -0.3 is 21.7 Å². The smallest absolute Gasteiger partial charge is 1.00 e. The third-order valence-electron chi connectivity index (χ3n) is 0.924. The zero-order chi connectivity index (χ0) is 7.28. The van der Waals surface area contributed by atoms with Crippen molar-refractivity contribution in [1.29, 1.82) is 0 Å². The molecule has 0 aliphatic carbocycles. The van der Waals surface area contributed by atoms with Crippen molar-refractivity contribution >= 4 is 18.9 Å². The number of aliphatic hydroxyl groups excluding tert-OH is 1. The fourth-order valence-electron chi connectivity index (χ4n) is 0.452. The van der Waals surface area contributed by atoms with E-state index in [1.165, 1.54) is 0 Å². The Kier molecular flexibility index (Phi) is 17.2. The summed E-state index contributed by atoms with van der Waals surface area (Å²) >= 11 is 3.24. The summed E-state index contributed by atoms with van der Waals surface area (Å²) in [6.07, 6.45) is 0.177. The van der Waals surface area contributed by atoms with Crippen LogP contribution in [0.15, 0.2) is 0 Å². The Morgan fingerprint density at radius 3 is 2.45 bits per heavy atom. The first-order valence-corrected chi connectivity index (χ1v) is 3.12. The topological polar surface area (TPSA) is 46.5 Å². The largest absolute Gasteiger partial charge is 2.00 e. The number of carbonyl (C=O) groups is 1. The minimum absolute atomic E-state index is 0. The van der Waals surface area contributed by atoms with Gasteiger partial charge in [0.05, 0.1) is 0 Å². The summed E-state index contributed by atoms with van der Waals surface area (Å²) in [5.74, 6) is -0.680. The van der Waals surface area contributed by atoms with Gasteiger partial charge in [0.2, 0.25) is 0 Å². The Morgan fingerprint density at radius 2 is 2.18 bits per heavy atom. The maximum absolute atomic E-state index is 10.4. The zero-order valence-electron chi connectivity index (χ0n) is 6.29. The zero-order valence-corrected chi connectivity index (χ0v) is 10.9. The van der Waals surface area contributed by atoms with Crippen LogP contribution in [-0.2, 0) is 28.5 Å². The molecule has 0 aromatic carbocycles. The fourth-order valence-corrected chi connectivity index (χ4v) is 0.574. The quantitative estimate of drug-likeness (QED) is 0.332. The molecule has 0 spiro atoms. The summed E-state index contributed by atoms with van der Waals surface area (Å²) in [7, 11) is 0. The number of halogens is 1. The standard InChI is InChI=1S/C5H10O3S.ClH.Zn/c1-2-3-4(6)5(7)8-9;;/h4,6,9H,2-3H2,1H3;1H;/q;;+2/p-1. The minimum atomic E-state index is -1.01. The van der Waals surface area contributed by atoms with E-state index in [2.05, 4.69) is 17.1 Å². The van der Waals surface area contributed by atoms with Crippen molar-refractivity contribution in [2.75, 3.05) is 0 Å². The molecule has 11 heavy (non-hydrogen) atoms. The first kappa shape index (κ1) is 17.7. The Morgan fingerprint density at radius 1 is 1.73 bits per heavy atom. The van der Waals surface area contributed by atoms with E-state index in [9.17, 15) is 4.79 Å². The van der Waals surface area contributed by atoms with Crippen LogP contribution in [0.3, 0.4) is 0 Å². The SMILES string of the molecule is CCCC(O)C(=O)OS.[Cl-].[Zn+2]. The maximum atomic E-state index is 10.4. The Labute approximate surface area is 90.7 Å². The molecule has 0 heterocycles. The van der Waals surface area contributed by atoms with Gasteiger partial charge in [-0.1, -0.05) is 13.3 Å². The van der Waals surface area contributed by atoms with Crippen molar-refractivity contribution in [3.8, 4) is 0 Å². The van der Waals surface area contributed by atoms with E-state index in [0.29, 0.717) is 6.42 Å². The number of carbonyl (C=O) groups excluding carboxylic acids is 1. The number of thiol groups is 1. The molecule has 1 unspecified atom stereocenters. The van der Waals surface area contributed by atoms with Crippen LogP contribution >= 0.6 is 12.9 Å². The Bertz CT molecular complexity index is 104. The third kappa shape index (κ3) is 8.60. The van der Waals surface area contributed by atoms with Crippen LogP contribution in [0.5, 0.6) is 0 Å². The number of rotatable bonds is 3. The summed E-state index contributed by atoms with van der Waals surface area (Å²) < 4.78 is 3.97. The summed E-state index contributed by atoms with van der Waals surface area (Å²) in [6, 6.07) is 0. The average molecular weight is 251 g/mol. The molecule has 0 rings (SSSR count). The van der Waals surface area contributed by atoms with Crippen molar-refractivity contribution < 1.29 is 46.0 Å². The van der Waals surface area contributed by atoms with E-state index < -0.39 is 12.1 Å². The fraction of sp³-hybridized carbons (Fsp3) is 0.800. The molecule has 0 aliphatic rings. The monoisotopic (exact) mass is 249 g/mol. The molecule has 0 saturated carbocycles. The molecule has 0 saturated heterocycles. The van der Waals surface area contributed by atoms with E-state index in [4.69, 9.17) is 5.11 Å². The van der Waals surface area contributed by atoms with Crippen molar-refractivity contribution in [1.82, 2.24) is 0 Å². The molecule has 0 aromatic heterocycles. The van der Waals surface area contributed by atoms with E-state index in [0.717, 1.165) is 6.42 Å². The van der Waals surface area contributed by atoms with Gasteiger partial charge in [0.1, 0.15) is 0 Å². The molecule has 1 atom stereocenters. The van der Waals surface area contributed by atoms with Gasteiger partial charge in [0.15, 0.2) is 6.10 Å². The van der Waals surface area contributed by atoms with Crippen LogP contribution in [0.1, 0.15) is 19.8 Å². The second-order valence-corrected chi connectivity index (χ2v) is 1.90. The summed E-state index contributed by atoms with van der Waals surface area (Å²) in [5, 5.41) is 8.79. The van der Waals surface area contributed by atoms with Crippen LogP contribution < -0.4 is 12.4 Å². The van der Waals surface area contributed by atoms with Crippen molar-refractivity contribution in [3.63, 3.8) is 0 Å². The van der Waals surface area contributed by atoms with Crippen molar-refractivity contribution in [2.45, 2.75) is 25.9 Å². The van der Waals surface area contributed by atoms with Crippen LogP contribution in [0, 0.1) is 0 Å². The predicted molar refractivity (Wildman–Crippen MR) is 36.0 cm³/mol. The number of hydrogen-bond acceptors (Lipinski definition) is 4. The maximum Gasteiger partial charge on any atom is 2.00 e. The van der Waals surface area contributed by atoms with E-state index in [1.807, 2.05) is 6.92 Å². The first-order valence-electron chi connectivity index (χ1n) is 2.75. The minimum Gasteiger partial charge on any atom is -1.00 e. The summed E-state index contributed by atoms with van der Waals surface area (Å²) in [6.45, 7) is 1.87. The van der Waals surface area contributed by atoms with Gasteiger partial charge in [-0.15, -0.1) is 0 Å². The van der Waals surface area contributed by atoms with Crippen LogP contribution in [0.2, 0.25) is 0 Å². The molecule has 0 aromatic rings. The third-order valence-corrected chi connectivity index (χ3v) is 1.10. The molecule has 0 bridgehead atoms. The van der Waals surface area contributed by atoms with Gasteiger partial charge >= 0.3 is 25.4 Å². The van der Waals surface area contributed by atoms with Gasteiger partial charge in [0, 0.05) is 12.9 Å². The van der Waals surface area contributed by atoms with E-state index in [1.54, 1.807) is 0 Å². The average Bonchev–Trinajstić information content (AvgIpc) is 1.87. The van der Waals surface area contributed by atoms with Crippen molar-refractivity contribution in [3.05, 3.63) is 0 Å². The van der Waals surface area contributed by atoms with Gasteiger partial charge in [-0.2, -0.15) is 0 Å². The molecule has 62 valence electrons. The number of hydrogen-bond donors (Lipinski definition) is 2. The molecule has 6 heteroatoms. The van der Waals surface area contributed by atoms with Crippen LogP contribution in [0.4, 0.5) is 0 Å². The Hall–Kier alpha value is 0.693. The van der Waals surface area contributed by atoms with Gasteiger partial charge in [-0.25, -0.2) is 4.79 Å². The van der Waals surface area contributed by atoms with E-state index >= 15 is 0 Å². The molecule has 3 nitrogen and oxygen atoms in total. The van der Waals surface area contributed by atoms with Crippen molar-refractivity contribution in [2.24, 2.45) is 0 Å². The first-order chi connectivity index (χ1) is 4.22. The summed E-state index contributed by atoms with van der Waals surface area (Å²) in [4.78, 5) is 10.4. The molecule has 1 N–H and O–H groups in total. The summed E-state index contributed by atoms with van der Waals surface area (Å²) in [5.41, 5.74) is 0. The molecule has 0 aliphatic heterocycles. The normalized spacial score (nSPS) is 10.5. The van der Waals surface area contributed by atoms with Gasteiger partial charge in [-0.05, 0) is 6.42 Å². The molecular formula is C5H10ClO3SZn+. The van der Waals surface area contributed by atoms with E-state index in [-0.39, 0.29) is 31.9 Å². The van der Waals surface area contributed by atoms with Gasteiger partial charge in [0.25, 0.3) is 0 Å². The second-order valence-electron chi connectivity index (χ2n) is 1.71. The Balaban J connectivity index is -0.000000320. The van der Waals surface area contributed by atoms with Gasteiger partial charge in [-0.3, -0.25) is 0 Å². The van der Waals surface area contributed by atoms with Crippen LogP contribution in [-0.4, -0.2) is 17.2 Å². The molecule has 0 fully saturated rings. The predicted octanol–water partition coefficient (Wildman–Crippen LogP) is -2.46. The molecule has 0 amide bonds. The molecular weight excluding hydrogens is 241 g/mol. The number of aliphatic hydroxyl groups is 1. The molecule has 0 radical (unpaired) electrons.